The molecular weight excluding hydrogens is 206 g/mol. The van der Waals surface area contributed by atoms with Crippen LogP contribution in [0.15, 0.2) is 18.2 Å². The zero-order valence-corrected chi connectivity index (χ0v) is 9.87. The van der Waals surface area contributed by atoms with E-state index in [9.17, 15) is 4.79 Å². The lowest BCUT2D eigenvalue weighted by Gasteiger charge is -2.11. The van der Waals surface area contributed by atoms with Crippen molar-refractivity contribution in [2.75, 3.05) is 26.1 Å². The molecule has 0 bridgehead atoms. The third-order valence-electron chi connectivity index (χ3n) is 2.19. The summed E-state index contributed by atoms with van der Waals surface area (Å²) in [5.41, 5.74) is 1.33. The predicted octanol–water partition coefficient (Wildman–Crippen LogP) is 2.30. The fourth-order valence-electron chi connectivity index (χ4n) is 1.35. The highest BCUT2D eigenvalue weighted by molar-refractivity contribution is 5.91. The van der Waals surface area contributed by atoms with Crippen molar-refractivity contribution in [3.8, 4) is 5.75 Å². The van der Waals surface area contributed by atoms with Crippen LogP contribution in [0.5, 0.6) is 5.75 Å². The summed E-state index contributed by atoms with van der Waals surface area (Å²) in [6, 6.07) is 5.17. The molecule has 1 aromatic carbocycles. The van der Waals surface area contributed by atoms with Gasteiger partial charge in [0.25, 0.3) is 0 Å². The number of ether oxygens (including phenoxy) is 2. The van der Waals surface area contributed by atoms with Crippen molar-refractivity contribution in [3.63, 3.8) is 0 Å². The van der Waals surface area contributed by atoms with E-state index in [1.54, 1.807) is 25.3 Å². The van der Waals surface area contributed by atoms with Crippen LogP contribution in [0.1, 0.15) is 23.7 Å². The van der Waals surface area contributed by atoms with Crippen molar-refractivity contribution in [1.82, 2.24) is 0 Å². The largest absolute Gasteiger partial charge is 0.495 e. The maximum Gasteiger partial charge on any atom is 0.337 e. The lowest BCUT2D eigenvalue weighted by Crippen LogP contribution is -2.05. The summed E-state index contributed by atoms with van der Waals surface area (Å²) in [6.45, 7) is 2.91. The summed E-state index contributed by atoms with van der Waals surface area (Å²) in [4.78, 5) is 11.3. The topological polar surface area (TPSA) is 47.6 Å². The van der Waals surface area contributed by atoms with Crippen molar-refractivity contribution < 1.29 is 14.3 Å². The number of methoxy groups -OCH3 is 2. The van der Waals surface area contributed by atoms with E-state index in [1.807, 2.05) is 0 Å². The number of esters is 1. The third kappa shape index (κ3) is 2.89. The Morgan fingerprint density at radius 1 is 1.38 bits per heavy atom. The molecule has 4 heteroatoms. The SMILES string of the molecule is CCCNc1cc(C(=O)OC)ccc1OC. The fraction of sp³-hybridized carbons (Fsp3) is 0.417. The van der Waals surface area contributed by atoms with Gasteiger partial charge in [0.15, 0.2) is 0 Å². The normalized spacial score (nSPS) is 9.69. The van der Waals surface area contributed by atoms with Crippen LogP contribution in [0.3, 0.4) is 0 Å². The van der Waals surface area contributed by atoms with Crippen LogP contribution in [0, 0.1) is 0 Å². The zero-order valence-electron chi connectivity index (χ0n) is 9.87. The van der Waals surface area contributed by atoms with Crippen LogP contribution in [0.2, 0.25) is 0 Å². The lowest BCUT2D eigenvalue weighted by atomic mass is 10.2. The molecule has 0 spiro atoms. The Morgan fingerprint density at radius 2 is 2.12 bits per heavy atom. The predicted molar refractivity (Wildman–Crippen MR) is 63.1 cm³/mol. The van der Waals surface area contributed by atoms with Crippen LogP contribution in [-0.2, 0) is 4.74 Å². The van der Waals surface area contributed by atoms with Crippen molar-refractivity contribution >= 4 is 11.7 Å². The maximum absolute atomic E-state index is 11.3. The Labute approximate surface area is 95.6 Å². The number of nitrogens with one attached hydrogen (secondary N) is 1. The van der Waals surface area contributed by atoms with E-state index in [0.29, 0.717) is 5.56 Å². The Morgan fingerprint density at radius 3 is 2.69 bits per heavy atom. The van der Waals surface area contributed by atoms with Crippen LogP contribution in [-0.4, -0.2) is 26.7 Å². The van der Waals surface area contributed by atoms with E-state index in [0.717, 1.165) is 24.4 Å². The van der Waals surface area contributed by atoms with Gasteiger partial charge >= 0.3 is 5.97 Å². The molecule has 4 nitrogen and oxygen atoms in total. The first-order chi connectivity index (χ1) is 7.72. The van der Waals surface area contributed by atoms with Crippen LogP contribution in [0.25, 0.3) is 0 Å². The Bertz CT molecular complexity index is 363. The summed E-state index contributed by atoms with van der Waals surface area (Å²) in [5.74, 6) is 0.378. The molecule has 0 amide bonds. The van der Waals surface area contributed by atoms with Crippen LogP contribution in [0.4, 0.5) is 5.69 Å². The first kappa shape index (κ1) is 12.4. The van der Waals surface area contributed by atoms with Crippen LogP contribution >= 0.6 is 0 Å². The van der Waals surface area contributed by atoms with Gasteiger partial charge in [0.05, 0.1) is 25.5 Å². The van der Waals surface area contributed by atoms with Gasteiger partial charge < -0.3 is 14.8 Å². The molecule has 0 atom stereocenters. The molecule has 0 saturated carbocycles. The minimum atomic E-state index is -0.345. The van der Waals surface area contributed by atoms with Gasteiger partial charge in [0.1, 0.15) is 5.75 Å². The second kappa shape index (κ2) is 6.00. The van der Waals surface area contributed by atoms with Crippen molar-refractivity contribution in [1.29, 1.82) is 0 Å². The van der Waals surface area contributed by atoms with E-state index < -0.39 is 0 Å². The highest BCUT2D eigenvalue weighted by atomic mass is 16.5. The fourth-order valence-corrected chi connectivity index (χ4v) is 1.35. The maximum atomic E-state index is 11.3. The van der Waals surface area contributed by atoms with Gasteiger partial charge in [-0.1, -0.05) is 6.92 Å². The molecule has 0 radical (unpaired) electrons. The molecule has 88 valence electrons. The van der Waals surface area contributed by atoms with Gasteiger partial charge in [-0.3, -0.25) is 0 Å². The number of hydrogen-bond acceptors (Lipinski definition) is 4. The molecule has 0 aromatic heterocycles. The van der Waals surface area contributed by atoms with Crippen molar-refractivity contribution in [2.24, 2.45) is 0 Å². The van der Waals surface area contributed by atoms with Crippen molar-refractivity contribution in [3.05, 3.63) is 23.8 Å². The number of carbonyl (C=O) groups is 1. The van der Waals surface area contributed by atoms with Crippen LogP contribution < -0.4 is 10.1 Å². The highest BCUT2D eigenvalue weighted by Crippen LogP contribution is 2.25. The smallest absolute Gasteiger partial charge is 0.337 e. The van der Waals surface area contributed by atoms with Crippen molar-refractivity contribution in [2.45, 2.75) is 13.3 Å². The Balaban J connectivity index is 2.96. The number of hydrogen-bond donors (Lipinski definition) is 1. The van der Waals surface area contributed by atoms with Gasteiger partial charge in [0, 0.05) is 6.54 Å². The number of carbonyl (C=O) groups excluding carboxylic acids is 1. The molecule has 0 heterocycles. The summed E-state index contributed by atoms with van der Waals surface area (Å²) < 4.78 is 9.86. The monoisotopic (exact) mass is 223 g/mol. The summed E-state index contributed by atoms with van der Waals surface area (Å²) in [6.07, 6.45) is 1.01. The van der Waals surface area contributed by atoms with Gasteiger partial charge in [-0.15, -0.1) is 0 Å². The van der Waals surface area contributed by atoms with E-state index in [2.05, 4.69) is 17.0 Å². The quantitative estimate of drug-likeness (QED) is 0.778. The number of rotatable bonds is 5. The Hall–Kier alpha value is -1.71. The molecule has 0 aliphatic carbocycles. The van der Waals surface area contributed by atoms with E-state index >= 15 is 0 Å². The molecule has 0 aliphatic heterocycles. The second-order valence-corrected chi connectivity index (χ2v) is 3.33. The summed E-state index contributed by atoms with van der Waals surface area (Å²) in [7, 11) is 2.97. The molecular formula is C12H17NO3. The van der Waals surface area contributed by atoms with E-state index in [4.69, 9.17) is 4.74 Å². The molecule has 0 fully saturated rings. The Kier molecular flexibility index (Phi) is 4.64. The minimum absolute atomic E-state index is 0.345. The van der Waals surface area contributed by atoms with E-state index in [1.165, 1.54) is 7.11 Å². The molecule has 16 heavy (non-hydrogen) atoms. The first-order valence-corrected chi connectivity index (χ1v) is 5.23. The van der Waals surface area contributed by atoms with Gasteiger partial charge in [0.2, 0.25) is 0 Å². The van der Waals surface area contributed by atoms with Gasteiger partial charge in [-0.25, -0.2) is 4.79 Å². The molecule has 0 aliphatic rings. The molecule has 0 saturated heterocycles. The van der Waals surface area contributed by atoms with Gasteiger partial charge in [-0.2, -0.15) is 0 Å². The lowest BCUT2D eigenvalue weighted by molar-refractivity contribution is 0.0601. The van der Waals surface area contributed by atoms with Gasteiger partial charge in [-0.05, 0) is 24.6 Å². The summed E-state index contributed by atoms with van der Waals surface area (Å²) >= 11 is 0. The average Bonchev–Trinajstić information content (AvgIpc) is 2.34. The average molecular weight is 223 g/mol. The summed E-state index contributed by atoms with van der Waals surface area (Å²) in [5, 5.41) is 3.20. The zero-order chi connectivity index (χ0) is 12.0. The number of benzene rings is 1. The molecule has 1 aromatic rings. The molecule has 0 unspecified atom stereocenters. The second-order valence-electron chi connectivity index (χ2n) is 3.33. The third-order valence-corrected chi connectivity index (χ3v) is 2.19. The molecule has 1 rings (SSSR count). The molecule has 1 N–H and O–H groups in total. The number of anilines is 1. The van der Waals surface area contributed by atoms with E-state index in [-0.39, 0.29) is 5.97 Å². The highest BCUT2D eigenvalue weighted by Gasteiger charge is 2.09. The minimum Gasteiger partial charge on any atom is -0.495 e. The standard InChI is InChI=1S/C12H17NO3/c1-4-7-13-10-8-9(12(14)16-3)5-6-11(10)15-2/h5-6,8,13H,4,7H2,1-3H3. The first-order valence-electron chi connectivity index (χ1n) is 5.23.